The molecule has 0 aliphatic carbocycles. The van der Waals surface area contributed by atoms with Crippen molar-refractivity contribution >= 4 is 10.9 Å². The van der Waals surface area contributed by atoms with E-state index in [4.69, 9.17) is 5.73 Å². The van der Waals surface area contributed by atoms with Gasteiger partial charge in [0.15, 0.2) is 0 Å². The van der Waals surface area contributed by atoms with Gasteiger partial charge in [0.25, 0.3) is 0 Å². The number of nitrogens with zero attached hydrogens (tertiary/aromatic N) is 1. The van der Waals surface area contributed by atoms with Crippen LogP contribution in [0.2, 0.25) is 0 Å². The Kier molecular flexibility index (Phi) is 2.49. The number of hydrogen-bond acceptors (Lipinski definition) is 2. The second-order valence-corrected chi connectivity index (χ2v) is 4.32. The maximum absolute atomic E-state index is 5.91. The Morgan fingerprint density at radius 3 is 2.60 bits per heavy atom. The number of nitrogens with two attached hydrogens (primary N) is 1. The van der Waals surface area contributed by atoms with Gasteiger partial charge in [0.05, 0.1) is 5.52 Å². The average Bonchev–Trinajstić information content (AvgIpc) is 2.59. The molecule has 0 fully saturated rings. The molecule has 1 unspecified atom stereocenters. The molecule has 0 saturated carbocycles. The second kappa shape index (κ2) is 3.66. The fourth-order valence-corrected chi connectivity index (χ4v) is 1.89. The topological polar surface area (TPSA) is 54.7 Å². The Morgan fingerprint density at radius 2 is 2.00 bits per heavy atom. The third-order valence-electron chi connectivity index (χ3n) is 2.71. The molecule has 1 heterocycles. The number of aromatic amines is 1. The van der Waals surface area contributed by atoms with Gasteiger partial charge in [-0.2, -0.15) is 5.10 Å². The Balaban J connectivity index is 2.69. The molecule has 0 spiro atoms. The van der Waals surface area contributed by atoms with Gasteiger partial charge in [0, 0.05) is 17.1 Å². The quantitative estimate of drug-likeness (QED) is 0.788. The number of benzene rings is 1. The lowest BCUT2D eigenvalue weighted by atomic mass is 10.0. The van der Waals surface area contributed by atoms with Crippen LogP contribution >= 0.6 is 0 Å². The lowest BCUT2D eigenvalue weighted by molar-refractivity contribution is 0.813. The van der Waals surface area contributed by atoms with E-state index >= 15 is 0 Å². The largest absolute Gasteiger partial charge is 0.324 e. The van der Waals surface area contributed by atoms with Crippen molar-refractivity contribution in [2.75, 3.05) is 0 Å². The molecule has 3 nitrogen and oxygen atoms in total. The predicted octanol–water partition coefficient (Wildman–Crippen LogP) is 2.71. The van der Waals surface area contributed by atoms with E-state index in [0.29, 0.717) is 5.92 Å². The number of aromatic nitrogens is 2. The average molecular weight is 203 g/mol. The van der Waals surface area contributed by atoms with Gasteiger partial charge < -0.3 is 5.73 Å². The van der Waals surface area contributed by atoms with Crippen LogP contribution in [-0.4, -0.2) is 10.2 Å². The summed E-state index contributed by atoms with van der Waals surface area (Å²) in [5.41, 5.74) is 9.22. The van der Waals surface area contributed by atoms with E-state index in [2.05, 4.69) is 30.1 Å². The first-order valence-electron chi connectivity index (χ1n) is 5.33. The maximum atomic E-state index is 5.91. The summed E-state index contributed by atoms with van der Waals surface area (Å²) in [6.45, 7) is 6.30. The van der Waals surface area contributed by atoms with Crippen molar-refractivity contribution in [3.63, 3.8) is 0 Å². The van der Waals surface area contributed by atoms with E-state index in [9.17, 15) is 0 Å². The number of rotatable bonds is 2. The van der Waals surface area contributed by atoms with Gasteiger partial charge in [-0.1, -0.05) is 32.0 Å². The van der Waals surface area contributed by atoms with Crippen LogP contribution in [0.25, 0.3) is 10.9 Å². The molecule has 3 N–H and O–H groups in total. The first-order chi connectivity index (χ1) is 7.11. The number of H-pyrrole nitrogens is 1. The Bertz CT molecular complexity index is 469. The third-order valence-corrected chi connectivity index (χ3v) is 2.71. The summed E-state index contributed by atoms with van der Waals surface area (Å²) < 4.78 is 0. The molecule has 0 amide bonds. The van der Waals surface area contributed by atoms with Crippen LogP contribution < -0.4 is 5.73 Å². The fourth-order valence-electron chi connectivity index (χ4n) is 1.89. The highest BCUT2D eigenvalue weighted by atomic mass is 15.1. The van der Waals surface area contributed by atoms with Crippen LogP contribution in [0.4, 0.5) is 0 Å². The molecule has 1 aromatic heterocycles. The van der Waals surface area contributed by atoms with Crippen molar-refractivity contribution in [2.24, 2.45) is 5.73 Å². The summed E-state index contributed by atoms with van der Waals surface area (Å²) in [4.78, 5) is 0. The molecule has 1 atom stereocenters. The third kappa shape index (κ3) is 1.63. The highest BCUT2D eigenvalue weighted by Crippen LogP contribution is 2.27. The molecular weight excluding hydrogens is 186 g/mol. The van der Waals surface area contributed by atoms with Gasteiger partial charge in [-0.25, -0.2) is 0 Å². The normalized spacial score (nSPS) is 13.7. The van der Waals surface area contributed by atoms with E-state index < -0.39 is 0 Å². The van der Waals surface area contributed by atoms with Crippen molar-refractivity contribution in [3.8, 4) is 0 Å². The van der Waals surface area contributed by atoms with Crippen molar-refractivity contribution < 1.29 is 0 Å². The van der Waals surface area contributed by atoms with Crippen LogP contribution in [0.15, 0.2) is 18.2 Å². The monoisotopic (exact) mass is 203 g/mol. The van der Waals surface area contributed by atoms with E-state index in [1.807, 2.05) is 19.1 Å². The van der Waals surface area contributed by atoms with Crippen LogP contribution in [0.3, 0.4) is 0 Å². The molecule has 0 aliphatic rings. The molecule has 1 aromatic carbocycles. The maximum Gasteiger partial charge on any atom is 0.0971 e. The van der Waals surface area contributed by atoms with Crippen LogP contribution in [0.1, 0.15) is 44.0 Å². The molecule has 0 aliphatic heterocycles. The summed E-state index contributed by atoms with van der Waals surface area (Å²) >= 11 is 0. The van der Waals surface area contributed by atoms with Crippen LogP contribution in [0, 0.1) is 0 Å². The lowest BCUT2D eigenvalue weighted by Crippen LogP contribution is -2.05. The highest BCUT2D eigenvalue weighted by Gasteiger charge is 2.12. The Morgan fingerprint density at radius 1 is 1.27 bits per heavy atom. The second-order valence-electron chi connectivity index (χ2n) is 4.32. The number of fused-ring (bicyclic) bond motifs is 1. The zero-order chi connectivity index (χ0) is 11.0. The van der Waals surface area contributed by atoms with E-state index in [-0.39, 0.29) is 6.04 Å². The summed E-state index contributed by atoms with van der Waals surface area (Å²) in [7, 11) is 0. The Labute approximate surface area is 89.7 Å². The predicted molar refractivity (Wildman–Crippen MR) is 62.8 cm³/mol. The molecule has 2 aromatic rings. The minimum Gasteiger partial charge on any atom is -0.324 e. The molecule has 80 valence electrons. The number of nitrogens with one attached hydrogen (secondary N) is 1. The minimum absolute atomic E-state index is 0.0250. The van der Waals surface area contributed by atoms with Gasteiger partial charge in [0.1, 0.15) is 0 Å². The minimum atomic E-state index is 0.0250. The van der Waals surface area contributed by atoms with E-state index in [1.165, 1.54) is 11.1 Å². The summed E-state index contributed by atoms with van der Waals surface area (Å²) in [5, 5.41) is 8.65. The molecule has 0 bridgehead atoms. The van der Waals surface area contributed by atoms with Gasteiger partial charge >= 0.3 is 0 Å². The van der Waals surface area contributed by atoms with Gasteiger partial charge in [0.2, 0.25) is 0 Å². The van der Waals surface area contributed by atoms with Crippen molar-refractivity contribution in [1.29, 1.82) is 0 Å². The zero-order valence-corrected chi connectivity index (χ0v) is 9.41. The Hall–Kier alpha value is -1.35. The van der Waals surface area contributed by atoms with Crippen molar-refractivity contribution in [3.05, 3.63) is 29.5 Å². The summed E-state index contributed by atoms with van der Waals surface area (Å²) in [5.74, 6) is 0.457. The number of para-hydroxylation sites is 1. The lowest BCUT2D eigenvalue weighted by Gasteiger charge is -2.06. The smallest absolute Gasteiger partial charge is 0.0971 e. The SMILES string of the molecule is CC(C)c1[nH]nc2c(C(C)N)cccc12. The zero-order valence-electron chi connectivity index (χ0n) is 9.41. The molecule has 0 saturated heterocycles. The van der Waals surface area contributed by atoms with E-state index in [1.54, 1.807) is 0 Å². The van der Waals surface area contributed by atoms with E-state index in [0.717, 1.165) is 11.1 Å². The standard InChI is InChI=1S/C12H17N3/c1-7(2)11-10-6-4-5-9(8(3)13)12(10)15-14-11/h4-8H,13H2,1-3H3,(H,14,15). The van der Waals surface area contributed by atoms with Gasteiger partial charge in [-0.3, -0.25) is 5.10 Å². The molecule has 0 radical (unpaired) electrons. The van der Waals surface area contributed by atoms with Crippen LogP contribution in [-0.2, 0) is 0 Å². The first kappa shape index (κ1) is 10.2. The first-order valence-corrected chi connectivity index (χ1v) is 5.33. The highest BCUT2D eigenvalue weighted by molar-refractivity contribution is 5.85. The molecule has 3 heteroatoms. The molecule has 15 heavy (non-hydrogen) atoms. The summed E-state index contributed by atoms with van der Waals surface area (Å²) in [6, 6.07) is 6.21. The molecular formula is C12H17N3. The molecule has 2 rings (SSSR count). The van der Waals surface area contributed by atoms with Crippen molar-refractivity contribution in [1.82, 2.24) is 10.2 Å². The summed E-state index contributed by atoms with van der Waals surface area (Å²) in [6.07, 6.45) is 0. The fraction of sp³-hybridized carbons (Fsp3) is 0.417. The van der Waals surface area contributed by atoms with Gasteiger partial charge in [-0.15, -0.1) is 0 Å². The van der Waals surface area contributed by atoms with Gasteiger partial charge in [-0.05, 0) is 18.4 Å². The van der Waals surface area contributed by atoms with Crippen molar-refractivity contribution in [2.45, 2.75) is 32.7 Å². The number of hydrogen-bond donors (Lipinski definition) is 2. The van der Waals surface area contributed by atoms with Crippen LogP contribution in [0.5, 0.6) is 0 Å².